The molecule has 0 saturated carbocycles. The topological polar surface area (TPSA) is 111 Å². The number of aryl methyl sites for hydroxylation is 2. The van der Waals surface area contributed by atoms with Crippen LogP contribution in [0.4, 0.5) is 4.79 Å². The second-order valence-corrected chi connectivity index (χ2v) is 10.4. The Morgan fingerprint density at radius 3 is 2.54 bits per heavy atom. The van der Waals surface area contributed by atoms with Gasteiger partial charge < -0.3 is 14.5 Å². The van der Waals surface area contributed by atoms with Crippen LogP contribution in [0, 0.1) is 6.92 Å². The lowest BCUT2D eigenvalue weighted by Crippen LogP contribution is -2.42. The summed E-state index contributed by atoms with van der Waals surface area (Å²) in [5.74, 6) is 0.558. The maximum atomic E-state index is 13.0. The Hall–Kier alpha value is -4.44. The van der Waals surface area contributed by atoms with Gasteiger partial charge in [0.05, 0.1) is 28.3 Å². The molecule has 0 bridgehead atoms. The molecule has 0 fully saturated rings. The molecule has 9 nitrogen and oxygen atoms in total. The van der Waals surface area contributed by atoms with E-state index in [1.807, 2.05) is 64.7 Å². The first kappa shape index (κ1) is 24.3. The summed E-state index contributed by atoms with van der Waals surface area (Å²) >= 11 is 0. The van der Waals surface area contributed by atoms with Crippen molar-refractivity contribution in [2.24, 2.45) is 7.05 Å². The molecule has 0 radical (unpaired) electrons. The Bertz CT molecular complexity index is 1670. The van der Waals surface area contributed by atoms with Gasteiger partial charge in [-0.3, -0.25) is 0 Å². The standard InChI is InChI=1S/C27H26N6O3S/c1-19-8-6-7-11-25(19)37(35,36)31-27(34)30-23(16-20-9-4-3-5-10-20)26-28-14-15-33(26)21-12-13-24-22(17-21)29-18-32(24)2/h3-15,17-18,23H,16H2,1-2H3,(H2,30,31,34). The molecule has 3 aromatic carbocycles. The fourth-order valence-corrected chi connectivity index (χ4v) is 5.51. The van der Waals surface area contributed by atoms with E-state index >= 15 is 0 Å². The van der Waals surface area contributed by atoms with Crippen LogP contribution in [0.5, 0.6) is 0 Å². The molecule has 0 spiro atoms. The van der Waals surface area contributed by atoms with Crippen LogP contribution in [0.3, 0.4) is 0 Å². The summed E-state index contributed by atoms with van der Waals surface area (Å²) in [5.41, 5.74) is 4.15. The zero-order valence-corrected chi connectivity index (χ0v) is 21.2. The van der Waals surface area contributed by atoms with Gasteiger partial charge in [0.2, 0.25) is 0 Å². The van der Waals surface area contributed by atoms with Crippen LogP contribution < -0.4 is 10.0 Å². The largest absolute Gasteiger partial charge is 0.334 e. The molecular formula is C27H26N6O3S. The number of hydrogen-bond acceptors (Lipinski definition) is 5. The number of imidazole rings is 2. The van der Waals surface area contributed by atoms with Gasteiger partial charge in [-0.15, -0.1) is 0 Å². The summed E-state index contributed by atoms with van der Waals surface area (Å²) in [7, 11) is -2.13. The lowest BCUT2D eigenvalue weighted by atomic mass is 10.1. The maximum Gasteiger partial charge on any atom is 0.329 e. The van der Waals surface area contributed by atoms with E-state index in [4.69, 9.17) is 0 Å². The zero-order chi connectivity index (χ0) is 26.0. The number of sulfonamides is 1. The molecule has 1 unspecified atom stereocenters. The molecule has 0 aliphatic heterocycles. The van der Waals surface area contributed by atoms with Gasteiger partial charge in [0.15, 0.2) is 0 Å². The highest BCUT2D eigenvalue weighted by atomic mass is 32.2. The Kier molecular flexibility index (Phi) is 6.49. The number of fused-ring (bicyclic) bond motifs is 1. The number of nitrogens with zero attached hydrogens (tertiary/aromatic N) is 4. The molecule has 0 saturated heterocycles. The highest BCUT2D eigenvalue weighted by Gasteiger charge is 2.25. The van der Waals surface area contributed by atoms with Gasteiger partial charge in [0, 0.05) is 25.1 Å². The summed E-state index contributed by atoms with van der Waals surface area (Å²) in [4.78, 5) is 22.0. The second-order valence-electron chi connectivity index (χ2n) is 8.77. The average molecular weight is 515 g/mol. The molecule has 188 valence electrons. The lowest BCUT2D eigenvalue weighted by Gasteiger charge is -2.21. The predicted molar refractivity (Wildman–Crippen MR) is 141 cm³/mol. The summed E-state index contributed by atoms with van der Waals surface area (Å²) in [6.45, 7) is 1.68. The minimum Gasteiger partial charge on any atom is -0.334 e. The number of amides is 2. The summed E-state index contributed by atoms with van der Waals surface area (Å²) in [6, 6.07) is 20.6. The van der Waals surface area contributed by atoms with E-state index in [0.29, 0.717) is 17.8 Å². The number of carbonyl (C=O) groups excluding carboxylic acids is 1. The van der Waals surface area contributed by atoms with Crippen molar-refractivity contribution in [2.45, 2.75) is 24.3 Å². The van der Waals surface area contributed by atoms with Gasteiger partial charge in [-0.05, 0) is 48.7 Å². The van der Waals surface area contributed by atoms with Crippen molar-refractivity contribution in [3.63, 3.8) is 0 Å². The third-order valence-corrected chi connectivity index (χ3v) is 7.66. The number of carbonyl (C=O) groups is 1. The molecule has 1 atom stereocenters. The first-order chi connectivity index (χ1) is 17.8. The smallest absolute Gasteiger partial charge is 0.329 e. The molecule has 0 aliphatic carbocycles. The van der Waals surface area contributed by atoms with E-state index in [0.717, 1.165) is 22.3 Å². The van der Waals surface area contributed by atoms with E-state index in [-0.39, 0.29) is 4.90 Å². The van der Waals surface area contributed by atoms with Crippen molar-refractivity contribution < 1.29 is 13.2 Å². The van der Waals surface area contributed by atoms with Crippen molar-refractivity contribution in [2.75, 3.05) is 0 Å². The van der Waals surface area contributed by atoms with Crippen molar-refractivity contribution in [3.05, 3.63) is 108 Å². The predicted octanol–water partition coefficient (Wildman–Crippen LogP) is 4.04. The number of nitrogens with one attached hydrogen (secondary N) is 2. The molecule has 2 aromatic heterocycles. The Morgan fingerprint density at radius 1 is 1.00 bits per heavy atom. The molecule has 0 aliphatic rings. The maximum absolute atomic E-state index is 13.0. The minimum absolute atomic E-state index is 0.0509. The summed E-state index contributed by atoms with van der Waals surface area (Å²) in [6.07, 6.45) is 5.62. The van der Waals surface area contributed by atoms with E-state index in [9.17, 15) is 13.2 Å². The van der Waals surface area contributed by atoms with E-state index < -0.39 is 22.1 Å². The van der Waals surface area contributed by atoms with Crippen molar-refractivity contribution >= 4 is 27.1 Å². The van der Waals surface area contributed by atoms with Gasteiger partial charge in [-0.2, -0.15) is 0 Å². The third-order valence-electron chi connectivity index (χ3n) is 6.17. The first-order valence-electron chi connectivity index (χ1n) is 11.7. The van der Waals surface area contributed by atoms with Crippen LogP contribution in [0.1, 0.15) is 23.0 Å². The zero-order valence-electron chi connectivity index (χ0n) is 20.4. The Balaban J connectivity index is 1.47. The summed E-state index contributed by atoms with van der Waals surface area (Å²) in [5, 5.41) is 2.83. The van der Waals surface area contributed by atoms with Gasteiger partial charge in [-0.25, -0.2) is 27.9 Å². The number of benzene rings is 3. The molecule has 5 aromatic rings. The number of urea groups is 1. The highest BCUT2D eigenvalue weighted by Crippen LogP contribution is 2.23. The fourth-order valence-electron chi connectivity index (χ4n) is 4.34. The second kappa shape index (κ2) is 9.90. The van der Waals surface area contributed by atoms with Crippen LogP contribution in [-0.2, 0) is 23.5 Å². The molecule has 2 amide bonds. The third kappa shape index (κ3) is 5.10. The van der Waals surface area contributed by atoms with Crippen LogP contribution in [0.2, 0.25) is 0 Å². The molecule has 10 heteroatoms. The van der Waals surface area contributed by atoms with E-state index in [1.54, 1.807) is 43.8 Å². The Morgan fingerprint density at radius 2 is 1.76 bits per heavy atom. The van der Waals surface area contributed by atoms with Crippen LogP contribution >= 0.6 is 0 Å². The molecular weight excluding hydrogens is 488 g/mol. The number of rotatable bonds is 7. The normalized spacial score (nSPS) is 12.4. The van der Waals surface area contributed by atoms with Gasteiger partial charge in [0.1, 0.15) is 5.82 Å². The SMILES string of the molecule is Cc1ccccc1S(=O)(=O)NC(=O)NC(Cc1ccccc1)c1nccn1-c1ccc2c(c1)ncn2C. The van der Waals surface area contributed by atoms with Crippen molar-refractivity contribution in [1.29, 1.82) is 0 Å². The number of hydrogen-bond donors (Lipinski definition) is 2. The van der Waals surface area contributed by atoms with Gasteiger partial charge >= 0.3 is 6.03 Å². The Labute approximate surface area is 214 Å². The fraction of sp³-hybridized carbons (Fsp3) is 0.148. The van der Waals surface area contributed by atoms with Crippen LogP contribution in [0.15, 0.2) is 96.4 Å². The van der Waals surface area contributed by atoms with Gasteiger partial charge in [0.25, 0.3) is 10.0 Å². The van der Waals surface area contributed by atoms with E-state index in [1.165, 1.54) is 6.07 Å². The monoisotopic (exact) mass is 514 g/mol. The quantitative estimate of drug-likeness (QED) is 0.341. The van der Waals surface area contributed by atoms with Crippen molar-refractivity contribution in [3.8, 4) is 5.69 Å². The minimum atomic E-state index is -4.06. The molecule has 2 heterocycles. The number of aromatic nitrogens is 4. The average Bonchev–Trinajstić information content (AvgIpc) is 3.51. The van der Waals surface area contributed by atoms with Crippen LogP contribution in [-0.4, -0.2) is 33.6 Å². The first-order valence-corrected chi connectivity index (χ1v) is 13.2. The summed E-state index contributed by atoms with van der Waals surface area (Å²) < 4.78 is 31.8. The van der Waals surface area contributed by atoms with Gasteiger partial charge in [-0.1, -0.05) is 48.5 Å². The highest BCUT2D eigenvalue weighted by molar-refractivity contribution is 7.90. The van der Waals surface area contributed by atoms with Crippen molar-refractivity contribution in [1.82, 2.24) is 29.1 Å². The lowest BCUT2D eigenvalue weighted by molar-refractivity contribution is 0.241. The molecule has 2 N–H and O–H groups in total. The van der Waals surface area contributed by atoms with Crippen LogP contribution in [0.25, 0.3) is 16.7 Å². The van der Waals surface area contributed by atoms with E-state index in [2.05, 4.69) is 20.0 Å². The molecule has 5 rings (SSSR count). The molecule has 37 heavy (non-hydrogen) atoms.